The number of rotatable bonds is 9. The van der Waals surface area contributed by atoms with Crippen molar-refractivity contribution in [2.75, 3.05) is 10.8 Å². The first-order chi connectivity index (χ1) is 19.2. The summed E-state index contributed by atoms with van der Waals surface area (Å²) < 4.78 is 28.0. The number of hydrogen-bond donors (Lipinski definition) is 1. The summed E-state index contributed by atoms with van der Waals surface area (Å²) >= 11 is 12.3. The van der Waals surface area contributed by atoms with Gasteiger partial charge in [-0.1, -0.05) is 72.8 Å². The van der Waals surface area contributed by atoms with Crippen molar-refractivity contribution in [1.29, 1.82) is 0 Å². The Kier molecular flexibility index (Phi) is 8.59. The molecule has 40 heavy (non-hydrogen) atoms. The van der Waals surface area contributed by atoms with E-state index in [-0.39, 0.29) is 37.4 Å². The highest BCUT2D eigenvalue weighted by molar-refractivity contribution is 7.93. The van der Waals surface area contributed by atoms with Crippen LogP contribution in [0.3, 0.4) is 0 Å². The topological polar surface area (TPSA) is 86.8 Å². The molecule has 1 aliphatic carbocycles. The predicted molar refractivity (Wildman–Crippen MR) is 159 cm³/mol. The van der Waals surface area contributed by atoms with Crippen LogP contribution in [-0.4, -0.2) is 43.8 Å². The summed E-state index contributed by atoms with van der Waals surface area (Å²) in [4.78, 5) is 28.7. The number of hydrogen-bond acceptors (Lipinski definition) is 4. The quantitative estimate of drug-likeness (QED) is 0.312. The maximum Gasteiger partial charge on any atom is 0.265 e. The maximum atomic E-state index is 13.6. The molecule has 10 heteroatoms. The fourth-order valence-electron chi connectivity index (χ4n) is 5.70. The number of benzene rings is 3. The van der Waals surface area contributed by atoms with Crippen molar-refractivity contribution in [3.8, 4) is 0 Å². The zero-order chi connectivity index (χ0) is 28.4. The predicted octanol–water partition coefficient (Wildman–Crippen LogP) is 6.30. The van der Waals surface area contributed by atoms with E-state index >= 15 is 0 Å². The third kappa shape index (κ3) is 5.80. The van der Waals surface area contributed by atoms with Crippen molar-refractivity contribution >= 4 is 61.5 Å². The monoisotopic (exact) mass is 601 g/mol. The molecule has 212 valence electrons. The van der Waals surface area contributed by atoms with Crippen molar-refractivity contribution in [1.82, 2.24) is 10.2 Å². The molecule has 0 unspecified atom stereocenters. The van der Waals surface area contributed by atoms with Crippen LogP contribution in [0.2, 0.25) is 10.0 Å². The Hall–Kier alpha value is -2.81. The normalized spacial score (nSPS) is 17.1. The van der Waals surface area contributed by atoms with Gasteiger partial charge in [0.15, 0.2) is 0 Å². The summed E-state index contributed by atoms with van der Waals surface area (Å²) in [7, 11) is -3.70. The van der Waals surface area contributed by atoms with Gasteiger partial charge < -0.3 is 10.2 Å². The number of halogens is 2. The lowest BCUT2D eigenvalue weighted by molar-refractivity contribution is -0.141. The van der Waals surface area contributed by atoms with Gasteiger partial charge in [0.2, 0.25) is 11.8 Å². The largest absolute Gasteiger partial charge is 0.352 e. The van der Waals surface area contributed by atoms with E-state index in [1.54, 1.807) is 48.2 Å². The number of anilines is 1. The van der Waals surface area contributed by atoms with Crippen LogP contribution in [0.25, 0.3) is 10.8 Å². The molecule has 7 nitrogen and oxygen atoms in total. The van der Waals surface area contributed by atoms with Gasteiger partial charge in [-0.05, 0) is 61.4 Å². The summed E-state index contributed by atoms with van der Waals surface area (Å²) in [5.74, 6) is -0.422. The zero-order valence-electron chi connectivity index (χ0n) is 22.4. The first-order valence-electron chi connectivity index (χ1n) is 13.7. The number of sulfonamides is 1. The minimum absolute atomic E-state index is 0.0840. The molecule has 0 spiro atoms. The Morgan fingerprint density at radius 3 is 2.48 bits per heavy atom. The van der Waals surface area contributed by atoms with E-state index in [1.807, 2.05) is 18.2 Å². The van der Waals surface area contributed by atoms with Crippen LogP contribution in [0.5, 0.6) is 0 Å². The van der Waals surface area contributed by atoms with Gasteiger partial charge >= 0.3 is 0 Å². The average molecular weight is 603 g/mol. The molecule has 1 saturated carbocycles. The zero-order valence-corrected chi connectivity index (χ0v) is 24.7. The molecule has 0 saturated heterocycles. The number of carbonyl (C=O) groups is 2. The molecule has 1 fully saturated rings. The minimum Gasteiger partial charge on any atom is -0.352 e. The molecule has 1 aliphatic heterocycles. The molecule has 0 radical (unpaired) electrons. The molecule has 1 heterocycles. The molecule has 3 aromatic rings. The van der Waals surface area contributed by atoms with Crippen molar-refractivity contribution in [3.63, 3.8) is 0 Å². The Labute approximate surface area is 245 Å². The summed E-state index contributed by atoms with van der Waals surface area (Å²) in [6, 6.07) is 15.4. The van der Waals surface area contributed by atoms with Gasteiger partial charge in [0.1, 0.15) is 6.04 Å². The Balaban J connectivity index is 1.30. The van der Waals surface area contributed by atoms with Gasteiger partial charge in [-0.15, -0.1) is 0 Å². The van der Waals surface area contributed by atoms with E-state index in [9.17, 15) is 18.0 Å². The smallest absolute Gasteiger partial charge is 0.265 e. The SMILES string of the molecule is C[C@H](C(=O)NC1CCCCC1)N(Cc1ccc(Cl)c(Cl)c1)C(=O)CCCN1c2cccc3cccc(c23)S1(=O)=O. The fraction of sp³-hybridized carbons (Fsp3) is 0.400. The highest BCUT2D eigenvalue weighted by Gasteiger charge is 2.35. The first kappa shape index (κ1) is 28.7. The molecule has 5 rings (SSSR count). The molecule has 2 aliphatic rings. The third-order valence-corrected chi connectivity index (χ3v) is 10.5. The van der Waals surface area contributed by atoms with Crippen LogP contribution in [0.4, 0.5) is 5.69 Å². The number of nitrogens with zero attached hydrogens (tertiary/aromatic N) is 2. The fourth-order valence-corrected chi connectivity index (χ4v) is 7.77. The molecular weight excluding hydrogens is 569 g/mol. The molecule has 1 N–H and O–H groups in total. The van der Waals surface area contributed by atoms with Gasteiger partial charge in [-0.25, -0.2) is 8.42 Å². The van der Waals surface area contributed by atoms with Crippen LogP contribution < -0.4 is 9.62 Å². The maximum absolute atomic E-state index is 13.6. The molecule has 2 amide bonds. The van der Waals surface area contributed by atoms with E-state index in [0.717, 1.165) is 36.6 Å². The summed E-state index contributed by atoms with van der Waals surface area (Å²) in [6.45, 7) is 2.07. The van der Waals surface area contributed by atoms with Crippen LogP contribution in [0.15, 0.2) is 59.5 Å². The highest BCUT2D eigenvalue weighted by Crippen LogP contribution is 2.42. The van der Waals surface area contributed by atoms with Gasteiger partial charge in [0, 0.05) is 30.9 Å². The molecule has 0 aromatic heterocycles. The molecule has 3 aromatic carbocycles. The number of carbonyl (C=O) groups excluding carboxylic acids is 2. The van der Waals surface area contributed by atoms with Gasteiger partial charge in [0.05, 0.1) is 20.6 Å². The Morgan fingerprint density at radius 2 is 1.75 bits per heavy atom. The van der Waals surface area contributed by atoms with E-state index in [4.69, 9.17) is 23.2 Å². The highest BCUT2D eigenvalue weighted by atomic mass is 35.5. The van der Waals surface area contributed by atoms with E-state index in [0.29, 0.717) is 32.4 Å². The van der Waals surface area contributed by atoms with Crippen LogP contribution in [0, 0.1) is 0 Å². The lowest BCUT2D eigenvalue weighted by Crippen LogP contribution is -2.50. The Bertz CT molecular complexity index is 1530. The second-order valence-electron chi connectivity index (χ2n) is 10.6. The Morgan fingerprint density at radius 1 is 1.02 bits per heavy atom. The summed E-state index contributed by atoms with van der Waals surface area (Å²) in [6.07, 6.45) is 5.62. The summed E-state index contributed by atoms with van der Waals surface area (Å²) in [5, 5.41) is 5.49. The molecular formula is C30H33Cl2N3O4S. The summed E-state index contributed by atoms with van der Waals surface area (Å²) in [5.41, 5.74) is 1.39. The van der Waals surface area contributed by atoms with Crippen molar-refractivity contribution in [2.45, 2.75) is 75.4 Å². The standard InChI is InChI=1S/C30H33Cl2N3O4S/c1-20(30(37)33-23-10-3-2-4-11-23)34(19-21-15-16-24(31)25(32)18-21)28(36)14-7-17-35-26-12-5-8-22-9-6-13-27(29(22)26)40(35,38)39/h5-6,8-9,12-13,15-16,18,20,23H,2-4,7,10-11,14,17,19H2,1H3,(H,33,37)/t20-/m1/s1. The third-order valence-electron chi connectivity index (χ3n) is 7.89. The molecule has 1 atom stereocenters. The minimum atomic E-state index is -3.70. The first-order valence-corrected chi connectivity index (χ1v) is 15.9. The van der Waals surface area contributed by atoms with Crippen LogP contribution >= 0.6 is 23.2 Å². The lowest BCUT2D eigenvalue weighted by atomic mass is 9.95. The van der Waals surface area contributed by atoms with E-state index < -0.39 is 16.1 Å². The second kappa shape index (κ2) is 12.0. The van der Waals surface area contributed by atoms with Crippen LogP contribution in [0.1, 0.15) is 57.4 Å². The van der Waals surface area contributed by atoms with Crippen molar-refractivity contribution < 1.29 is 18.0 Å². The number of amides is 2. The lowest BCUT2D eigenvalue weighted by Gasteiger charge is -2.31. The van der Waals surface area contributed by atoms with E-state index in [2.05, 4.69) is 5.32 Å². The van der Waals surface area contributed by atoms with Gasteiger partial charge in [0.25, 0.3) is 10.0 Å². The van der Waals surface area contributed by atoms with Crippen molar-refractivity contribution in [2.24, 2.45) is 0 Å². The number of nitrogens with one attached hydrogen (secondary N) is 1. The van der Waals surface area contributed by atoms with E-state index in [1.165, 1.54) is 10.7 Å². The molecule has 0 bridgehead atoms. The average Bonchev–Trinajstić information content (AvgIpc) is 3.16. The van der Waals surface area contributed by atoms with Crippen molar-refractivity contribution in [3.05, 3.63) is 70.2 Å². The van der Waals surface area contributed by atoms with Crippen LogP contribution in [-0.2, 0) is 26.2 Å². The van der Waals surface area contributed by atoms with Gasteiger partial charge in [-0.3, -0.25) is 13.9 Å². The van der Waals surface area contributed by atoms with Gasteiger partial charge in [-0.2, -0.15) is 0 Å². The second-order valence-corrected chi connectivity index (χ2v) is 13.2.